The molecule has 0 atom stereocenters. The number of fused-ring (bicyclic) bond motifs is 3. The number of nitrogens with zero attached hydrogens (tertiary/aromatic N) is 3. The van der Waals surface area contributed by atoms with E-state index < -0.39 is 5.82 Å². The van der Waals surface area contributed by atoms with Crippen LogP contribution in [-0.2, 0) is 13.0 Å². The van der Waals surface area contributed by atoms with Gasteiger partial charge in [0, 0.05) is 54.2 Å². The van der Waals surface area contributed by atoms with E-state index in [1.165, 1.54) is 11.1 Å². The summed E-state index contributed by atoms with van der Waals surface area (Å²) in [5.74, 6) is 0.748. The quantitative estimate of drug-likeness (QED) is 0.369. The Kier molecular flexibility index (Phi) is 5.18. The molecule has 0 bridgehead atoms. The van der Waals surface area contributed by atoms with Gasteiger partial charge in [0.25, 0.3) is 0 Å². The van der Waals surface area contributed by atoms with Crippen molar-refractivity contribution in [3.05, 3.63) is 65.2 Å². The van der Waals surface area contributed by atoms with Crippen LogP contribution in [0.1, 0.15) is 16.7 Å². The molecule has 0 fully saturated rings. The number of anilines is 4. The van der Waals surface area contributed by atoms with Crippen LogP contribution in [0.5, 0.6) is 5.88 Å². The minimum Gasteiger partial charge on any atom is -0.474 e. The van der Waals surface area contributed by atoms with Crippen molar-refractivity contribution in [1.29, 1.82) is 0 Å². The van der Waals surface area contributed by atoms with Gasteiger partial charge in [-0.15, -0.1) is 0 Å². The van der Waals surface area contributed by atoms with Gasteiger partial charge in [0.15, 0.2) is 5.82 Å². The Hall–Kier alpha value is -3.91. The van der Waals surface area contributed by atoms with E-state index in [2.05, 4.69) is 50.7 Å². The molecule has 2 aromatic carbocycles. The average Bonchev–Trinajstić information content (AvgIpc) is 2.87. The van der Waals surface area contributed by atoms with E-state index in [0.717, 1.165) is 41.8 Å². The fourth-order valence-electron chi connectivity index (χ4n) is 4.97. The van der Waals surface area contributed by atoms with Gasteiger partial charge in [0.2, 0.25) is 5.88 Å². The predicted molar refractivity (Wildman–Crippen MR) is 138 cm³/mol. The number of nitrogen functional groups attached to an aromatic ring is 1. The molecule has 0 amide bonds. The molecule has 7 nitrogen and oxygen atoms in total. The third-order valence-corrected chi connectivity index (χ3v) is 6.92. The largest absolute Gasteiger partial charge is 0.474 e. The summed E-state index contributed by atoms with van der Waals surface area (Å²) in [6.45, 7) is 5.19. The van der Waals surface area contributed by atoms with Crippen molar-refractivity contribution < 1.29 is 9.13 Å². The zero-order chi connectivity index (χ0) is 24.1. The summed E-state index contributed by atoms with van der Waals surface area (Å²) in [5, 5.41) is 8.10. The van der Waals surface area contributed by atoms with Crippen LogP contribution in [0.15, 0.2) is 42.7 Å². The molecule has 2 aliphatic heterocycles. The molecule has 2 aliphatic rings. The molecule has 0 aliphatic carbocycles. The molecule has 4 aromatic rings. The third-order valence-electron chi connectivity index (χ3n) is 6.92. The van der Waals surface area contributed by atoms with E-state index in [1.807, 2.05) is 19.1 Å². The first kappa shape index (κ1) is 21.6. The number of benzene rings is 2. The van der Waals surface area contributed by atoms with E-state index in [1.54, 1.807) is 12.4 Å². The number of nitrogens with two attached hydrogens (primary N) is 1. The average molecular weight is 471 g/mol. The molecule has 6 rings (SSSR count). The number of pyridine rings is 2. The van der Waals surface area contributed by atoms with E-state index in [9.17, 15) is 0 Å². The van der Waals surface area contributed by atoms with Crippen molar-refractivity contribution >= 4 is 33.7 Å². The second-order valence-corrected chi connectivity index (χ2v) is 9.29. The van der Waals surface area contributed by atoms with Crippen LogP contribution in [0.4, 0.5) is 27.3 Å². The molecule has 4 heterocycles. The maximum Gasteiger partial charge on any atom is 0.237 e. The highest BCUT2D eigenvalue weighted by molar-refractivity contribution is 5.98. The highest BCUT2D eigenvalue weighted by atomic mass is 19.1. The Morgan fingerprint density at radius 3 is 2.89 bits per heavy atom. The molecular weight excluding hydrogens is 443 g/mol. The van der Waals surface area contributed by atoms with Crippen LogP contribution in [0.25, 0.3) is 21.9 Å². The Bertz CT molecular complexity index is 1470. The number of hydrogen-bond donors (Lipinski definition) is 3. The van der Waals surface area contributed by atoms with Crippen LogP contribution < -0.4 is 21.1 Å². The van der Waals surface area contributed by atoms with Crippen molar-refractivity contribution in [2.45, 2.75) is 19.9 Å². The Balaban J connectivity index is 1.38. The second-order valence-electron chi connectivity index (χ2n) is 9.29. The lowest BCUT2D eigenvalue weighted by Crippen LogP contribution is -2.26. The number of likely N-dealkylation sites (N-methyl/N-ethyl adjacent to an activating group) is 1. The number of ether oxygens (including phenoxy) is 1. The molecule has 0 spiro atoms. The highest BCUT2D eigenvalue weighted by Crippen LogP contribution is 2.39. The Morgan fingerprint density at radius 2 is 2.00 bits per heavy atom. The monoisotopic (exact) mass is 470 g/mol. The summed E-state index contributed by atoms with van der Waals surface area (Å²) in [4.78, 5) is 11.2. The first-order chi connectivity index (χ1) is 17.0. The molecule has 0 radical (unpaired) electrons. The normalized spacial score (nSPS) is 15.2. The first-order valence-electron chi connectivity index (χ1n) is 11.8. The molecular formula is C27H27FN6O. The minimum atomic E-state index is -0.471. The van der Waals surface area contributed by atoms with Gasteiger partial charge in [-0.3, -0.25) is 0 Å². The maximum absolute atomic E-state index is 15.4. The van der Waals surface area contributed by atoms with Crippen LogP contribution >= 0.6 is 0 Å². The molecule has 178 valence electrons. The fourth-order valence-corrected chi connectivity index (χ4v) is 4.97. The Morgan fingerprint density at radius 1 is 1.11 bits per heavy atom. The maximum atomic E-state index is 15.4. The number of nitrogens with one attached hydrogen (secondary N) is 2. The topological polar surface area (TPSA) is 88.3 Å². The highest BCUT2D eigenvalue weighted by Gasteiger charge is 2.21. The smallest absolute Gasteiger partial charge is 0.237 e. The zero-order valence-corrected chi connectivity index (χ0v) is 19.8. The molecule has 0 saturated carbocycles. The summed E-state index contributed by atoms with van der Waals surface area (Å²) in [6.07, 6.45) is 4.30. The number of hydrogen-bond acceptors (Lipinski definition) is 7. The molecule has 8 heteroatoms. The van der Waals surface area contributed by atoms with Crippen molar-refractivity contribution in [2.24, 2.45) is 0 Å². The summed E-state index contributed by atoms with van der Waals surface area (Å²) in [5.41, 5.74) is 12.8. The van der Waals surface area contributed by atoms with Crippen molar-refractivity contribution in [3.8, 4) is 17.0 Å². The molecule has 4 N–H and O–H groups in total. The van der Waals surface area contributed by atoms with Gasteiger partial charge in [0.05, 0.1) is 5.69 Å². The van der Waals surface area contributed by atoms with E-state index in [-0.39, 0.29) is 5.69 Å². The summed E-state index contributed by atoms with van der Waals surface area (Å²) in [7, 11) is 2.14. The lowest BCUT2D eigenvalue weighted by molar-refractivity contribution is 0.310. The Labute approximate surface area is 203 Å². The minimum absolute atomic E-state index is 0.0794. The summed E-state index contributed by atoms with van der Waals surface area (Å²) < 4.78 is 21.0. The lowest BCUT2D eigenvalue weighted by Gasteiger charge is -2.25. The fraction of sp³-hybridized carbons (Fsp3) is 0.259. The van der Waals surface area contributed by atoms with Crippen LogP contribution in [0.2, 0.25) is 0 Å². The number of rotatable bonds is 3. The molecule has 0 saturated heterocycles. The standard InChI is InChI=1S/C27H27FN6O/c1-15-21(12-32-27-26(15)30-6-8-35-27)20-10-18-11-23(31-13-22(18)25(29)24(20)28)33-19-4-3-17-14-34(2)7-5-16(17)9-19/h3-4,9-13,30H,5-8,14,29H2,1-2H3,(H,31,33). The van der Waals surface area contributed by atoms with Gasteiger partial charge >= 0.3 is 0 Å². The van der Waals surface area contributed by atoms with Crippen LogP contribution in [0, 0.1) is 12.7 Å². The summed E-state index contributed by atoms with van der Waals surface area (Å²) >= 11 is 0. The first-order valence-corrected chi connectivity index (χ1v) is 11.8. The lowest BCUT2D eigenvalue weighted by atomic mass is 9.97. The SMILES string of the molecule is Cc1c(-c2cc3cc(Nc4ccc5c(c4)CCN(C)C5)ncc3c(N)c2F)cnc2c1NCCO2. The van der Waals surface area contributed by atoms with E-state index in [0.29, 0.717) is 41.4 Å². The molecule has 35 heavy (non-hydrogen) atoms. The van der Waals surface area contributed by atoms with Gasteiger partial charge in [0.1, 0.15) is 18.1 Å². The van der Waals surface area contributed by atoms with Gasteiger partial charge < -0.3 is 26.0 Å². The van der Waals surface area contributed by atoms with Gasteiger partial charge in [-0.25, -0.2) is 14.4 Å². The number of halogens is 1. The molecule has 0 unspecified atom stereocenters. The van der Waals surface area contributed by atoms with Crippen molar-refractivity contribution in [3.63, 3.8) is 0 Å². The second kappa shape index (κ2) is 8.39. The predicted octanol–water partition coefficient (Wildman–Crippen LogP) is 4.86. The molecule has 2 aromatic heterocycles. The van der Waals surface area contributed by atoms with Gasteiger partial charge in [-0.1, -0.05) is 6.07 Å². The zero-order valence-electron chi connectivity index (χ0n) is 19.8. The number of aromatic nitrogens is 2. The van der Waals surface area contributed by atoms with Crippen LogP contribution in [-0.4, -0.2) is 41.6 Å². The van der Waals surface area contributed by atoms with E-state index >= 15 is 4.39 Å². The van der Waals surface area contributed by atoms with Crippen molar-refractivity contribution in [1.82, 2.24) is 14.9 Å². The van der Waals surface area contributed by atoms with Crippen LogP contribution in [0.3, 0.4) is 0 Å². The van der Waals surface area contributed by atoms with Gasteiger partial charge in [-0.2, -0.15) is 0 Å². The summed E-state index contributed by atoms with van der Waals surface area (Å²) in [6, 6.07) is 10.2. The third kappa shape index (κ3) is 3.80. The van der Waals surface area contributed by atoms with E-state index in [4.69, 9.17) is 10.5 Å². The van der Waals surface area contributed by atoms with Crippen molar-refractivity contribution in [2.75, 3.05) is 43.1 Å². The van der Waals surface area contributed by atoms with Gasteiger partial charge in [-0.05, 0) is 66.7 Å².